The monoisotopic (exact) mass is 420 g/mol. The molecule has 2 amide bonds. The Morgan fingerprint density at radius 1 is 1.16 bits per heavy atom. The van der Waals surface area contributed by atoms with Crippen LogP contribution in [0.5, 0.6) is 17.5 Å². The molecule has 1 aliphatic heterocycles. The molecule has 1 fully saturated rings. The third-order valence-electron chi connectivity index (χ3n) is 4.80. The Labute approximate surface area is 177 Å². The number of rotatable bonds is 7. The van der Waals surface area contributed by atoms with Gasteiger partial charge in [0.05, 0.1) is 19.5 Å². The Hall–Kier alpha value is -4.08. The molecule has 0 spiro atoms. The Kier molecular flexibility index (Phi) is 5.69. The molecule has 1 atom stereocenters. The van der Waals surface area contributed by atoms with Gasteiger partial charge in [-0.25, -0.2) is 19.9 Å². The van der Waals surface area contributed by atoms with Crippen molar-refractivity contribution in [3.8, 4) is 28.9 Å². The van der Waals surface area contributed by atoms with Crippen LogP contribution in [0.3, 0.4) is 0 Å². The van der Waals surface area contributed by atoms with Gasteiger partial charge >= 0.3 is 0 Å². The topological polar surface area (TPSA) is 142 Å². The highest BCUT2D eigenvalue weighted by Crippen LogP contribution is 2.25. The molecule has 0 unspecified atom stereocenters. The number of amides is 2. The summed E-state index contributed by atoms with van der Waals surface area (Å²) in [6, 6.07) is 8.52. The number of primary amides is 1. The average Bonchev–Trinajstić information content (AvgIpc) is 3.19. The first kappa shape index (κ1) is 20.2. The van der Waals surface area contributed by atoms with Gasteiger partial charge in [-0.3, -0.25) is 9.59 Å². The van der Waals surface area contributed by atoms with Crippen LogP contribution >= 0.6 is 0 Å². The number of methoxy groups -OCH3 is 1. The van der Waals surface area contributed by atoms with Gasteiger partial charge in [-0.05, 0) is 36.8 Å². The summed E-state index contributed by atoms with van der Waals surface area (Å²) in [4.78, 5) is 40.6. The minimum absolute atomic E-state index is 0.0103. The van der Waals surface area contributed by atoms with Crippen LogP contribution in [-0.2, 0) is 11.2 Å². The van der Waals surface area contributed by atoms with Gasteiger partial charge < -0.3 is 20.5 Å². The second-order valence-electron chi connectivity index (χ2n) is 6.94. The standard InChI is InChI=1S/C21H20N6O4/c1-30-17-10-25-18(11-24-17)31-15-4-2-12(3-5-15)20-26-14(9-16(27-20)19(22)28)8-13-6-7-23-21(13)29/h2-5,9-11,13H,6-8H2,1H3,(H2,22,28)(H,23,29)/t13-/m1/s1. The number of hydrogen-bond acceptors (Lipinski definition) is 8. The van der Waals surface area contributed by atoms with Crippen molar-refractivity contribution in [2.75, 3.05) is 13.7 Å². The molecule has 2 aromatic heterocycles. The Morgan fingerprint density at radius 2 is 1.90 bits per heavy atom. The van der Waals surface area contributed by atoms with Gasteiger partial charge in [-0.15, -0.1) is 0 Å². The van der Waals surface area contributed by atoms with Crippen molar-refractivity contribution in [3.63, 3.8) is 0 Å². The summed E-state index contributed by atoms with van der Waals surface area (Å²) in [5.41, 5.74) is 6.82. The number of nitrogens with zero attached hydrogens (tertiary/aromatic N) is 4. The third-order valence-corrected chi connectivity index (χ3v) is 4.80. The molecule has 0 radical (unpaired) electrons. The maximum absolute atomic E-state index is 11.9. The lowest BCUT2D eigenvalue weighted by Crippen LogP contribution is -2.21. The van der Waals surface area contributed by atoms with E-state index in [2.05, 4.69) is 25.3 Å². The Bertz CT molecular complexity index is 1100. The van der Waals surface area contributed by atoms with E-state index in [1.165, 1.54) is 25.6 Å². The summed E-state index contributed by atoms with van der Waals surface area (Å²) >= 11 is 0. The van der Waals surface area contributed by atoms with Gasteiger partial charge in [0.15, 0.2) is 5.82 Å². The molecule has 10 heteroatoms. The summed E-state index contributed by atoms with van der Waals surface area (Å²) in [6.45, 7) is 0.643. The van der Waals surface area contributed by atoms with Crippen LogP contribution in [0.1, 0.15) is 22.6 Å². The maximum atomic E-state index is 11.9. The van der Waals surface area contributed by atoms with Gasteiger partial charge in [0.25, 0.3) is 5.91 Å². The molecule has 3 heterocycles. The van der Waals surface area contributed by atoms with Crippen molar-refractivity contribution in [2.45, 2.75) is 12.8 Å². The summed E-state index contributed by atoms with van der Waals surface area (Å²) in [6.07, 6.45) is 4.06. The molecule has 0 saturated carbocycles. The van der Waals surface area contributed by atoms with Crippen LogP contribution in [-0.4, -0.2) is 45.4 Å². The predicted molar refractivity (Wildman–Crippen MR) is 109 cm³/mol. The second kappa shape index (κ2) is 8.74. The van der Waals surface area contributed by atoms with Gasteiger partial charge in [-0.1, -0.05) is 0 Å². The zero-order valence-corrected chi connectivity index (χ0v) is 16.7. The molecule has 1 aromatic carbocycles. The molecule has 1 aliphatic rings. The van der Waals surface area contributed by atoms with Crippen molar-refractivity contribution in [1.29, 1.82) is 0 Å². The number of hydrogen-bond donors (Lipinski definition) is 2. The highest BCUT2D eigenvalue weighted by molar-refractivity contribution is 5.91. The first-order valence-electron chi connectivity index (χ1n) is 9.61. The minimum atomic E-state index is -0.654. The molecule has 4 rings (SSSR count). The lowest BCUT2D eigenvalue weighted by Gasteiger charge is -2.10. The van der Waals surface area contributed by atoms with E-state index in [0.29, 0.717) is 47.6 Å². The fourth-order valence-electron chi connectivity index (χ4n) is 3.20. The molecular weight excluding hydrogens is 400 g/mol. The van der Waals surface area contributed by atoms with Crippen LogP contribution in [0.2, 0.25) is 0 Å². The Balaban J connectivity index is 1.55. The van der Waals surface area contributed by atoms with Crippen LogP contribution < -0.4 is 20.5 Å². The normalized spacial score (nSPS) is 15.4. The van der Waals surface area contributed by atoms with Gasteiger partial charge in [-0.2, -0.15) is 0 Å². The van der Waals surface area contributed by atoms with E-state index < -0.39 is 5.91 Å². The first-order chi connectivity index (χ1) is 15.0. The SMILES string of the molecule is COc1cnc(Oc2ccc(-c3nc(C[C@H]4CCNC4=O)cc(C(N)=O)n3)cc2)cn1. The fourth-order valence-corrected chi connectivity index (χ4v) is 3.20. The lowest BCUT2D eigenvalue weighted by atomic mass is 10.0. The zero-order valence-electron chi connectivity index (χ0n) is 16.7. The fraction of sp³-hybridized carbons (Fsp3) is 0.238. The number of nitrogens with one attached hydrogen (secondary N) is 1. The number of carbonyl (C=O) groups is 2. The molecule has 1 saturated heterocycles. The van der Waals surface area contributed by atoms with E-state index >= 15 is 0 Å². The molecule has 3 aromatic rings. The predicted octanol–water partition coefficient (Wildman–Crippen LogP) is 1.51. The van der Waals surface area contributed by atoms with E-state index in [1.807, 2.05) is 0 Å². The highest BCUT2D eigenvalue weighted by Gasteiger charge is 2.25. The number of carbonyl (C=O) groups excluding carboxylic acids is 2. The summed E-state index contributed by atoms with van der Waals surface area (Å²) < 4.78 is 10.6. The van der Waals surface area contributed by atoms with Gasteiger partial charge in [0.2, 0.25) is 17.7 Å². The molecule has 158 valence electrons. The van der Waals surface area contributed by atoms with Crippen molar-refractivity contribution in [1.82, 2.24) is 25.3 Å². The lowest BCUT2D eigenvalue weighted by molar-refractivity contribution is -0.122. The van der Waals surface area contributed by atoms with Crippen LogP contribution in [0.15, 0.2) is 42.7 Å². The minimum Gasteiger partial charge on any atom is -0.480 e. The van der Waals surface area contributed by atoms with E-state index in [1.54, 1.807) is 24.3 Å². The zero-order chi connectivity index (χ0) is 21.8. The number of ether oxygens (including phenoxy) is 2. The van der Waals surface area contributed by atoms with E-state index in [4.69, 9.17) is 15.2 Å². The first-order valence-corrected chi connectivity index (χ1v) is 9.61. The molecule has 0 bridgehead atoms. The number of nitrogens with two attached hydrogens (primary N) is 1. The summed E-state index contributed by atoms with van der Waals surface area (Å²) in [5, 5.41) is 2.80. The van der Waals surface area contributed by atoms with Crippen LogP contribution in [0, 0.1) is 5.92 Å². The number of aromatic nitrogens is 4. The molecular formula is C21H20N6O4. The van der Waals surface area contributed by atoms with Crippen molar-refractivity contribution in [2.24, 2.45) is 11.7 Å². The van der Waals surface area contributed by atoms with Crippen molar-refractivity contribution in [3.05, 3.63) is 54.1 Å². The average molecular weight is 420 g/mol. The molecule has 3 N–H and O–H groups in total. The maximum Gasteiger partial charge on any atom is 0.267 e. The van der Waals surface area contributed by atoms with E-state index in [0.717, 1.165) is 6.42 Å². The van der Waals surface area contributed by atoms with E-state index in [9.17, 15) is 9.59 Å². The van der Waals surface area contributed by atoms with E-state index in [-0.39, 0.29) is 17.5 Å². The quantitative estimate of drug-likeness (QED) is 0.586. The summed E-state index contributed by atoms with van der Waals surface area (Å²) in [5.74, 6) is 0.753. The second-order valence-corrected chi connectivity index (χ2v) is 6.94. The van der Waals surface area contributed by atoms with Crippen LogP contribution in [0.25, 0.3) is 11.4 Å². The molecule has 10 nitrogen and oxygen atoms in total. The van der Waals surface area contributed by atoms with Crippen molar-refractivity contribution < 1.29 is 19.1 Å². The van der Waals surface area contributed by atoms with Gasteiger partial charge in [0.1, 0.15) is 11.4 Å². The van der Waals surface area contributed by atoms with Crippen molar-refractivity contribution >= 4 is 11.8 Å². The largest absolute Gasteiger partial charge is 0.480 e. The highest BCUT2D eigenvalue weighted by atomic mass is 16.5. The van der Waals surface area contributed by atoms with Crippen LogP contribution in [0.4, 0.5) is 0 Å². The Morgan fingerprint density at radius 3 is 2.52 bits per heavy atom. The number of benzene rings is 1. The molecule has 0 aliphatic carbocycles. The smallest absolute Gasteiger partial charge is 0.267 e. The molecule has 31 heavy (non-hydrogen) atoms. The van der Waals surface area contributed by atoms with Gasteiger partial charge in [0, 0.05) is 30.1 Å². The third kappa shape index (κ3) is 4.74. The summed E-state index contributed by atoms with van der Waals surface area (Å²) in [7, 11) is 1.51.